The average molecular weight is 590 g/mol. The normalized spacial score (nSPS) is 18.8. The van der Waals surface area contributed by atoms with E-state index in [1.165, 1.54) is 43.2 Å². The quantitative estimate of drug-likeness (QED) is 0.243. The van der Waals surface area contributed by atoms with Gasteiger partial charge in [0.2, 0.25) is 5.75 Å². The molecule has 0 spiro atoms. The van der Waals surface area contributed by atoms with Gasteiger partial charge >= 0.3 is 0 Å². The number of methoxy groups -OCH3 is 5. The van der Waals surface area contributed by atoms with Crippen molar-refractivity contribution in [2.45, 2.75) is 54.9 Å². The number of rotatable bonds is 13. The first-order valence-corrected chi connectivity index (χ1v) is 16.3. The second-order valence-electron chi connectivity index (χ2n) is 11.3. The molecule has 0 bridgehead atoms. The first-order chi connectivity index (χ1) is 19.3. The summed E-state index contributed by atoms with van der Waals surface area (Å²) < 4.78 is 28.2. The Morgan fingerprint density at radius 3 is 1.88 bits per heavy atom. The fourth-order valence-electron chi connectivity index (χ4n) is 6.67. The van der Waals surface area contributed by atoms with Crippen LogP contribution in [0.15, 0.2) is 30.3 Å². The molecule has 2 aliphatic rings. The van der Waals surface area contributed by atoms with Crippen LogP contribution in [0.5, 0.6) is 28.7 Å². The second-order valence-corrected chi connectivity index (χ2v) is 14.3. The van der Waals surface area contributed by atoms with Crippen molar-refractivity contribution in [2.75, 3.05) is 67.2 Å². The summed E-state index contributed by atoms with van der Waals surface area (Å²) in [4.78, 5) is 2.56. The van der Waals surface area contributed by atoms with Gasteiger partial charge in [0.05, 0.1) is 39.6 Å². The predicted molar refractivity (Wildman–Crippen MR) is 168 cm³/mol. The zero-order chi connectivity index (χ0) is 28.8. The van der Waals surface area contributed by atoms with Crippen LogP contribution in [0.1, 0.15) is 56.6 Å². The summed E-state index contributed by atoms with van der Waals surface area (Å²) in [6.45, 7) is 4.50. The standard InChI is InChI=1S/C32H47NO5S2/c1-23(20-32(39-15-10-16-40-32)25-18-28(36-5)30(38-7)29(19-25)37-6)21-33(2)22-31(13-8-9-14-31)24-11-12-26(34-3)27(17-24)35-4/h11-12,17-19,23H,8-10,13-16,20-22H2,1-7H3. The molecule has 1 aliphatic carbocycles. The molecule has 0 N–H and O–H groups in total. The van der Waals surface area contributed by atoms with Gasteiger partial charge in [0, 0.05) is 18.5 Å². The highest BCUT2D eigenvalue weighted by Gasteiger charge is 2.40. The number of likely N-dealkylation sites (N-methyl/N-ethyl adjacent to an activating group) is 1. The smallest absolute Gasteiger partial charge is 0.203 e. The van der Waals surface area contributed by atoms with Crippen LogP contribution in [0.25, 0.3) is 0 Å². The van der Waals surface area contributed by atoms with E-state index in [1.807, 2.05) is 0 Å². The highest BCUT2D eigenvalue weighted by Crippen LogP contribution is 2.56. The van der Waals surface area contributed by atoms with E-state index in [4.69, 9.17) is 23.7 Å². The molecule has 1 saturated heterocycles. The van der Waals surface area contributed by atoms with E-state index in [1.54, 1.807) is 35.5 Å². The molecule has 0 aromatic heterocycles. The Morgan fingerprint density at radius 1 is 0.750 bits per heavy atom. The Labute approximate surface area is 249 Å². The molecule has 2 aromatic carbocycles. The molecule has 2 fully saturated rings. The van der Waals surface area contributed by atoms with Crippen LogP contribution in [-0.2, 0) is 9.49 Å². The molecule has 4 rings (SSSR count). The third-order valence-electron chi connectivity index (χ3n) is 8.43. The number of ether oxygens (including phenoxy) is 5. The molecule has 222 valence electrons. The lowest BCUT2D eigenvalue weighted by Crippen LogP contribution is -2.40. The second kappa shape index (κ2) is 13.8. The SMILES string of the molecule is COc1ccc(C2(CN(C)CC(C)CC3(c4cc(OC)c(OC)c(OC)c4)SCCCS3)CCCC2)cc1OC. The van der Waals surface area contributed by atoms with Crippen LogP contribution in [0.2, 0.25) is 0 Å². The molecule has 1 atom stereocenters. The van der Waals surface area contributed by atoms with Crippen LogP contribution in [0.4, 0.5) is 0 Å². The zero-order valence-corrected chi connectivity index (χ0v) is 27.0. The summed E-state index contributed by atoms with van der Waals surface area (Å²) in [5.41, 5.74) is 2.77. The maximum atomic E-state index is 5.73. The van der Waals surface area contributed by atoms with Crippen LogP contribution < -0.4 is 23.7 Å². The molecule has 1 saturated carbocycles. The summed E-state index contributed by atoms with van der Waals surface area (Å²) in [6.07, 6.45) is 7.29. The van der Waals surface area contributed by atoms with Crippen LogP contribution in [0, 0.1) is 5.92 Å². The van der Waals surface area contributed by atoms with E-state index < -0.39 is 0 Å². The van der Waals surface area contributed by atoms with Crippen molar-refractivity contribution < 1.29 is 23.7 Å². The Balaban J connectivity index is 1.53. The molecule has 1 heterocycles. The Bertz CT molecular complexity index is 1090. The number of hydrogen-bond acceptors (Lipinski definition) is 8. The first-order valence-electron chi connectivity index (χ1n) is 14.3. The third-order valence-corrected chi connectivity index (χ3v) is 11.9. The maximum absolute atomic E-state index is 5.73. The van der Waals surface area contributed by atoms with Crippen molar-refractivity contribution in [1.82, 2.24) is 4.90 Å². The number of nitrogens with zero attached hydrogens (tertiary/aromatic N) is 1. The monoisotopic (exact) mass is 589 g/mol. The van der Waals surface area contributed by atoms with E-state index in [0.717, 1.165) is 54.0 Å². The molecule has 8 heteroatoms. The highest BCUT2D eigenvalue weighted by atomic mass is 32.2. The van der Waals surface area contributed by atoms with Crippen molar-refractivity contribution in [2.24, 2.45) is 5.92 Å². The third kappa shape index (κ3) is 6.60. The Hall–Kier alpha value is -1.90. The van der Waals surface area contributed by atoms with Gasteiger partial charge in [-0.1, -0.05) is 25.8 Å². The van der Waals surface area contributed by atoms with Crippen LogP contribution >= 0.6 is 23.5 Å². The summed E-state index contributed by atoms with van der Waals surface area (Å²) in [7, 11) is 10.8. The van der Waals surface area contributed by atoms with E-state index in [9.17, 15) is 0 Å². The molecule has 0 amide bonds. The minimum atomic E-state index is -0.0419. The van der Waals surface area contributed by atoms with Crippen molar-refractivity contribution in [3.8, 4) is 28.7 Å². The lowest BCUT2D eigenvalue weighted by molar-refractivity contribution is 0.213. The van der Waals surface area contributed by atoms with Crippen molar-refractivity contribution >= 4 is 23.5 Å². The molecule has 6 nitrogen and oxygen atoms in total. The lowest BCUT2D eigenvalue weighted by Gasteiger charge is -2.40. The molecule has 1 unspecified atom stereocenters. The molecular weight excluding hydrogens is 542 g/mol. The van der Waals surface area contributed by atoms with Gasteiger partial charge in [0.25, 0.3) is 0 Å². The van der Waals surface area contributed by atoms with Gasteiger partial charge in [-0.2, -0.15) is 0 Å². The predicted octanol–water partition coefficient (Wildman–Crippen LogP) is 7.22. The van der Waals surface area contributed by atoms with Crippen molar-refractivity contribution in [3.05, 3.63) is 41.5 Å². The fraction of sp³-hybridized carbons (Fsp3) is 0.625. The van der Waals surface area contributed by atoms with Crippen LogP contribution in [0.3, 0.4) is 0 Å². The number of benzene rings is 2. The summed E-state index contributed by atoms with van der Waals surface area (Å²) in [6, 6.07) is 10.8. The summed E-state index contributed by atoms with van der Waals surface area (Å²) in [5.74, 6) is 6.55. The zero-order valence-electron chi connectivity index (χ0n) is 25.3. The summed E-state index contributed by atoms with van der Waals surface area (Å²) in [5, 5.41) is 0. The van der Waals surface area contributed by atoms with Gasteiger partial charge < -0.3 is 28.6 Å². The minimum absolute atomic E-state index is 0.0419. The molecule has 0 radical (unpaired) electrons. The summed E-state index contributed by atoms with van der Waals surface area (Å²) >= 11 is 4.15. The van der Waals surface area contributed by atoms with Crippen molar-refractivity contribution in [3.63, 3.8) is 0 Å². The van der Waals surface area contributed by atoms with Gasteiger partial charge in [-0.05, 0) is 85.5 Å². The van der Waals surface area contributed by atoms with Gasteiger partial charge in [-0.15, -0.1) is 23.5 Å². The highest BCUT2D eigenvalue weighted by molar-refractivity contribution is 8.18. The largest absolute Gasteiger partial charge is 0.493 e. The molecule has 1 aliphatic heterocycles. The van der Waals surface area contributed by atoms with Crippen LogP contribution in [-0.4, -0.2) is 72.1 Å². The van der Waals surface area contributed by atoms with E-state index in [0.29, 0.717) is 11.7 Å². The maximum Gasteiger partial charge on any atom is 0.203 e. The molecular formula is C32H47NO5S2. The molecule has 40 heavy (non-hydrogen) atoms. The van der Waals surface area contributed by atoms with Crippen molar-refractivity contribution in [1.29, 1.82) is 0 Å². The van der Waals surface area contributed by atoms with Gasteiger partial charge in [-0.3, -0.25) is 0 Å². The Morgan fingerprint density at radius 2 is 1.32 bits per heavy atom. The molecule has 2 aromatic rings. The fourth-order valence-corrected chi connectivity index (χ4v) is 10.3. The van der Waals surface area contributed by atoms with E-state index in [2.05, 4.69) is 72.7 Å². The van der Waals surface area contributed by atoms with Gasteiger partial charge in [0.15, 0.2) is 23.0 Å². The minimum Gasteiger partial charge on any atom is -0.493 e. The first kappa shape index (κ1) is 31.0. The number of hydrogen-bond donors (Lipinski definition) is 0. The van der Waals surface area contributed by atoms with Gasteiger partial charge in [0.1, 0.15) is 0 Å². The Kier molecular flexibility index (Phi) is 10.7. The van der Waals surface area contributed by atoms with E-state index >= 15 is 0 Å². The lowest BCUT2D eigenvalue weighted by atomic mass is 9.78. The topological polar surface area (TPSA) is 49.4 Å². The van der Waals surface area contributed by atoms with E-state index in [-0.39, 0.29) is 9.49 Å². The average Bonchev–Trinajstić information content (AvgIpc) is 3.45. The van der Waals surface area contributed by atoms with Gasteiger partial charge in [-0.25, -0.2) is 0 Å². The number of thioether (sulfide) groups is 2.